The standard InChI is InChI=1S/C25H19NS/c1-2-8-20(9-3-1)21-16-14-19(15-17-21)18-26-22-10-4-6-12-24(22)27-25-13-7-5-11-23(25)26/h1-17H,18H2. The van der Waals surface area contributed by atoms with Crippen LogP contribution in [0.1, 0.15) is 5.56 Å². The summed E-state index contributed by atoms with van der Waals surface area (Å²) in [7, 11) is 0. The molecule has 4 aromatic rings. The van der Waals surface area contributed by atoms with Crippen LogP contribution in [-0.2, 0) is 6.54 Å². The van der Waals surface area contributed by atoms with E-state index in [9.17, 15) is 0 Å². The van der Waals surface area contributed by atoms with E-state index < -0.39 is 0 Å². The normalized spacial score (nSPS) is 12.4. The Labute approximate surface area is 164 Å². The Bertz CT molecular complexity index is 1030. The molecule has 0 bridgehead atoms. The molecule has 0 saturated heterocycles. The Morgan fingerprint density at radius 1 is 0.519 bits per heavy atom. The van der Waals surface area contributed by atoms with Gasteiger partial charge in [0.05, 0.1) is 11.4 Å². The molecule has 1 nitrogen and oxygen atoms in total. The average molecular weight is 366 g/mol. The minimum atomic E-state index is 0.865. The number of hydrogen-bond acceptors (Lipinski definition) is 2. The quantitative estimate of drug-likeness (QED) is 0.379. The first-order valence-electron chi connectivity index (χ1n) is 9.16. The zero-order valence-electron chi connectivity index (χ0n) is 14.9. The fourth-order valence-corrected chi connectivity index (χ4v) is 4.66. The van der Waals surface area contributed by atoms with Crippen molar-refractivity contribution in [2.45, 2.75) is 16.3 Å². The zero-order valence-corrected chi connectivity index (χ0v) is 15.7. The van der Waals surface area contributed by atoms with E-state index in [1.54, 1.807) is 0 Å². The van der Waals surface area contributed by atoms with E-state index in [1.807, 2.05) is 11.8 Å². The van der Waals surface area contributed by atoms with Gasteiger partial charge in [-0.2, -0.15) is 0 Å². The molecule has 0 fully saturated rings. The molecular weight excluding hydrogens is 346 g/mol. The summed E-state index contributed by atoms with van der Waals surface area (Å²) >= 11 is 1.85. The van der Waals surface area contributed by atoms with Crippen molar-refractivity contribution in [2.24, 2.45) is 0 Å². The Morgan fingerprint density at radius 3 is 1.67 bits per heavy atom. The van der Waals surface area contributed by atoms with E-state index in [0.29, 0.717) is 0 Å². The molecule has 130 valence electrons. The minimum Gasteiger partial charge on any atom is -0.335 e. The van der Waals surface area contributed by atoms with E-state index in [0.717, 1.165) is 6.54 Å². The Hall–Kier alpha value is -2.97. The molecule has 1 aliphatic rings. The van der Waals surface area contributed by atoms with E-state index in [1.165, 1.54) is 37.9 Å². The molecular formula is C25H19NS. The van der Waals surface area contributed by atoms with Crippen molar-refractivity contribution in [3.8, 4) is 11.1 Å². The molecule has 0 saturated carbocycles. The number of fused-ring (bicyclic) bond motifs is 2. The smallest absolute Gasteiger partial charge is 0.0556 e. The first kappa shape index (κ1) is 16.2. The van der Waals surface area contributed by atoms with Crippen molar-refractivity contribution in [1.82, 2.24) is 0 Å². The molecule has 1 heterocycles. The molecule has 2 heteroatoms. The van der Waals surface area contributed by atoms with Gasteiger partial charge in [0.15, 0.2) is 0 Å². The van der Waals surface area contributed by atoms with Gasteiger partial charge in [-0.25, -0.2) is 0 Å². The summed E-state index contributed by atoms with van der Waals surface area (Å²) < 4.78 is 0. The summed E-state index contributed by atoms with van der Waals surface area (Å²) in [6, 6.07) is 36.8. The Kier molecular flexibility index (Phi) is 4.19. The van der Waals surface area contributed by atoms with Crippen molar-refractivity contribution in [3.05, 3.63) is 109 Å². The molecule has 0 amide bonds. The van der Waals surface area contributed by atoms with Crippen LogP contribution < -0.4 is 4.90 Å². The number of hydrogen-bond donors (Lipinski definition) is 0. The zero-order chi connectivity index (χ0) is 18.1. The molecule has 4 aromatic carbocycles. The van der Waals surface area contributed by atoms with Crippen molar-refractivity contribution in [3.63, 3.8) is 0 Å². The van der Waals surface area contributed by atoms with Gasteiger partial charge in [-0.15, -0.1) is 0 Å². The maximum atomic E-state index is 2.43. The van der Waals surface area contributed by atoms with Crippen LogP contribution in [0.25, 0.3) is 11.1 Å². The molecule has 0 aliphatic carbocycles. The van der Waals surface area contributed by atoms with E-state index in [4.69, 9.17) is 0 Å². The van der Waals surface area contributed by atoms with Gasteiger partial charge in [0.1, 0.15) is 0 Å². The average Bonchev–Trinajstić information content (AvgIpc) is 2.75. The van der Waals surface area contributed by atoms with Crippen LogP contribution in [0.2, 0.25) is 0 Å². The van der Waals surface area contributed by atoms with Crippen LogP contribution in [0.5, 0.6) is 0 Å². The topological polar surface area (TPSA) is 3.24 Å². The third-order valence-electron chi connectivity index (χ3n) is 4.93. The highest BCUT2D eigenvalue weighted by Gasteiger charge is 2.22. The highest BCUT2D eigenvalue weighted by molar-refractivity contribution is 7.99. The van der Waals surface area contributed by atoms with Gasteiger partial charge in [-0.1, -0.05) is 90.6 Å². The molecule has 1 aliphatic heterocycles. The maximum Gasteiger partial charge on any atom is 0.0556 e. The van der Waals surface area contributed by atoms with Gasteiger partial charge in [0.2, 0.25) is 0 Å². The molecule has 0 N–H and O–H groups in total. The highest BCUT2D eigenvalue weighted by Crippen LogP contribution is 2.48. The molecule has 0 aromatic heterocycles. The summed E-state index contributed by atoms with van der Waals surface area (Å²) in [6.07, 6.45) is 0. The monoisotopic (exact) mass is 365 g/mol. The van der Waals surface area contributed by atoms with Crippen molar-refractivity contribution in [1.29, 1.82) is 0 Å². The largest absolute Gasteiger partial charge is 0.335 e. The van der Waals surface area contributed by atoms with Crippen LogP contribution in [-0.4, -0.2) is 0 Å². The van der Waals surface area contributed by atoms with Crippen LogP contribution >= 0.6 is 11.8 Å². The van der Waals surface area contributed by atoms with Gasteiger partial charge in [-0.3, -0.25) is 0 Å². The van der Waals surface area contributed by atoms with Gasteiger partial charge >= 0.3 is 0 Å². The van der Waals surface area contributed by atoms with Crippen LogP contribution in [0.3, 0.4) is 0 Å². The third-order valence-corrected chi connectivity index (χ3v) is 6.06. The minimum absolute atomic E-state index is 0.865. The predicted molar refractivity (Wildman–Crippen MR) is 115 cm³/mol. The molecule has 27 heavy (non-hydrogen) atoms. The number of para-hydroxylation sites is 2. The fraction of sp³-hybridized carbons (Fsp3) is 0.0400. The molecule has 0 spiro atoms. The third kappa shape index (κ3) is 3.13. The maximum absolute atomic E-state index is 2.43. The van der Waals surface area contributed by atoms with Crippen molar-refractivity contribution < 1.29 is 0 Å². The number of anilines is 2. The summed E-state index contributed by atoms with van der Waals surface area (Å²) in [5, 5.41) is 0. The fourth-order valence-electron chi connectivity index (χ4n) is 3.57. The summed E-state index contributed by atoms with van der Waals surface area (Å²) in [6.45, 7) is 0.865. The van der Waals surface area contributed by atoms with Crippen LogP contribution in [0.15, 0.2) is 113 Å². The summed E-state index contributed by atoms with van der Waals surface area (Å²) in [5.41, 5.74) is 6.40. The Morgan fingerprint density at radius 2 is 1.04 bits per heavy atom. The summed E-state index contributed by atoms with van der Waals surface area (Å²) in [5.74, 6) is 0. The second kappa shape index (κ2) is 6.98. The first-order valence-corrected chi connectivity index (χ1v) is 9.98. The highest BCUT2D eigenvalue weighted by atomic mass is 32.2. The number of nitrogens with zero attached hydrogens (tertiary/aromatic N) is 1. The van der Waals surface area contributed by atoms with Gasteiger partial charge < -0.3 is 4.90 Å². The van der Waals surface area contributed by atoms with Crippen molar-refractivity contribution >= 4 is 23.1 Å². The van der Waals surface area contributed by atoms with Crippen LogP contribution in [0.4, 0.5) is 11.4 Å². The van der Waals surface area contributed by atoms with Crippen molar-refractivity contribution in [2.75, 3.05) is 4.90 Å². The predicted octanol–water partition coefficient (Wildman–Crippen LogP) is 7.16. The SMILES string of the molecule is c1ccc(-c2ccc(CN3c4ccccc4Sc4ccccc43)cc2)cc1. The second-order valence-corrected chi connectivity index (χ2v) is 7.77. The first-order chi connectivity index (χ1) is 13.4. The van der Waals surface area contributed by atoms with E-state index in [2.05, 4.69) is 108 Å². The van der Waals surface area contributed by atoms with Crippen LogP contribution in [0, 0.1) is 0 Å². The van der Waals surface area contributed by atoms with Gasteiger partial charge in [0, 0.05) is 16.3 Å². The summed E-state index contributed by atoms with van der Waals surface area (Å²) in [4.78, 5) is 5.06. The lowest BCUT2D eigenvalue weighted by Gasteiger charge is -2.32. The van der Waals surface area contributed by atoms with Gasteiger partial charge in [0.25, 0.3) is 0 Å². The molecule has 0 atom stereocenters. The lowest BCUT2D eigenvalue weighted by molar-refractivity contribution is 0.938. The number of rotatable bonds is 3. The van der Waals surface area contributed by atoms with Gasteiger partial charge in [-0.05, 0) is 41.0 Å². The Balaban J connectivity index is 1.49. The lowest BCUT2D eigenvalue weighted by atomic mass is 10.0. The molecule has 0 unspecified atom stereocenters. The number of benzene rings is 4. The lowest BCUT2D eigenvalue weighted by Crippen LogP contribution is -2.20. The molecule has 0 radical (unpaired) electrons. The second-order valence-electron chi connectivity index (χ2n) is 6.69. The van der Waals surface area contributed by atoms with E-state index in [-0.39, 0.29) is 0 Å². The van der Waals surface area contributed by atoms with E-state index >= 15 is 0 Å². The molecule has 5 rings (SSSR count).